The van der Waals surface area contributed by atoms with Gasteiger partial charge in [0.1, 0.15) is 6.10 Å². The van der Waals surface area contributed by atoms with E-state index < -0.39 is 20.4 Å². The van der Waals surface area contributed by atoms with Gasteiger partial charge in [0.15, 0.2) is 8.32 Å². The van der Waals surface area contributed by atoms with E-state index in [0.29, 0.717) is 6.42 Å². The van der Waals surface area contributed by atoms with Gasteiger partial charge in [-0.3, -0.25) is 0 Å². The van der Waals surface area contributed by atoms with Crippen molar-refractivity contribution in [1.82, 2.24) is 0 Å². The van der Waals surface area contributed by atoms with Gasteiger partial charge in [0.05, 0.1) is 6.10 Å². The van der Waals surface area contributed by atoms with Crippen molar-refractivity contribution in [3.63, 3.8) is 0 Å². The summed E-state index contributed by atoms with van der Waals surface area (Å²) in [5.41, 5.74) is 1.35. The lowest BCUT2D eigenvalue weighted by Gasteiger charge is -2.38. The minimum atomic E-state index is -2.10. The monoisotopic (exact) mass is 468 g/mol. The first-order valence-electron chi connectivity index (χ1n) is 13.1. The molecule has 0 fully saturated rings. The Labute approximate surface area is 199 Å². The third kappa shape index (κ3) is 8.94. The van der Waals surface area contributed by atoms with Gasteiger partial charge in [-0.15, -0.1) is 0 Å². The second kappa shape index (κ2) is 13.3. The van der Waals surface area contributed by atoms with Crippen LogP contribution in [0.25, 0.3) is 0 Å². The Kier molecular flexibility index (Phi) is 12.2. The third-order valence-electron chi connectivity index (χ3n) is 8.04. The fraction of sp³-hybridized carbons (Fsp3) is 0.889. The van der Waals surface area contributed by atoms with E-state index in [1.54, 1.807) is 0 Å². The number of aliphatic hydroxyl groups excluding tert-OH is 1. The molecule has 5 heteroatoms. The second-order valence-corrected chi connectivity index (χ2v) is 16.5. The van der Waals surface area contributed by atoms with Crippen LogP contribution in [0.15, 0.2) is 11.6 Å². The minimum absolute atomic E-state index is 0.00659. The van der Waals surface area contributed by atoms with Gasteiger partial charge in [-0.1, -0.05) is 97.6 Å². The lowest BCUT2D eigenvalue weighted by Crippen LogP contribution is -2.46. The number of hydrogen-bond acceptors (Lipinski definition) is 3. The van der Waals surface area contributed by atoms with Crippen LogP contribution in [-0.2, 0) is 9.22 Å². The predicted octanol–water partition coefficient (Wildman–Crippen LogP) is 7.86. The molecule has 1 rings (SSSR count). The Hall–Kier alpha value is -0.653. The highest BCUT2D eigenvalue weighted by Crippen LogP contribution is 2.45. The van der Waals surface area contributed by atoms with Crippen LogP contribution in [0.1, 0.15) is 118 Å². The van der Waals surface area contributed by atoms with E-state index in [4.69, 9.17) is 4.43 Å². The molecule has 1 aliphatic carbocycles. The van der Waals surface area contributed by atoms with Gasteiger partial charge in [0.25, 0.3) is 0 Å². The van der Waals surface area contributed by atoms with Crippen LogP contribution in [0.2, 0.25) is 18.1 Å². The topological polar surface area (TPSA) is 66.8 Å². The maximum Gasteiger partial charge on any atom is 0.331 e. The summed E-state index contributed by atoms with van der Waals surface area (Å²) in [5, 5.41) is 20.3. The van der Waals surface area contributed by atoms with E-state index in [9.17, 15) is 15.0 Å². The predicted molar refractivity (Wildman–Crippen MR) is 138 cm³/mol. The molecule has 0 aromatic heterocycles. The molecule has 0 heterocycles. The molecule has 0 bridgehead atoms. The molecule has 0 aromatic carbocycles. The van der Waals surface area contributed by atoms with Crippen LogP contribution in [-0.4, -0.2) is 36.7 Å². The summed E-state index contributed by atoms with van der Waals surface area (Å²) >= 11 is 0. The number of hydrogen-bond donors (Lipinski definition) is 2. The molecule has 0 aromatic rings. The van der Waals surface area contributed by atoms with Crippen LogP contribution >= 0.6 is 0 Å². The molecular formula is C27H52O4Si. The first-order chi connectivity index (χ1) is 14.8. The highest BCUT2D eigenvalue weighted by Gasteiger charge is 2.41. The number of aliphatic carboxylic acids is 1. The SMILES string of the molecule is CCCCCCCCC1=CC[C@H](O)[C@]1(C)CCCCCC(O[Si](C)(C)C(C)(C)C)C(=O)O. The van der Waals surface area contributed by atoms with E-state index in [2.05, 4.69) is 53.8 Å². The summed E-state index contributed by atoms with van der Waals surface area (Å²) in [6, 6.07) is 0. The molecule has 0 saturated carbocycles. The fourth-order valence-corrected chi connectivity index (χ4v) is 5.82. The van der Waals surface area contributed by atoms with E-state index in [-0.39, 0.29) is 16.6 Å². The third-order valence-corrected chi connectivity index (χ3v) is 12.5. The molecule has 0 aliphatic heterocycles. The number of unbranched alkanes of at least 4 members (excludes halogenated alkanes) is 7. The first-order valence-corrected chi connectivity index (χ1v) is 16.0. The molecule has 4 nitrogen and oxygen atoms in total. The zero-order valence-corrected chi connectivity index (χ0v) is 23.1. The molecule has 32 heavy (non-hydrogen) atoms. The van der Waals surface area contributed by atoms with Crippen LogP contribution in [0.3, 0.4) is 0 Å². The van der Waals surface area contributed by atoms with Crippen molar-refractivity contribution in [2.45, 2.75) is 148 Å². The maximum atomic E-state index is 11.8. The molecule has 0 radical (unpaired) electrons. The van der Waals surface area contributed by atoms with E-state index in [0.717, 1.165) is 38.5 Å². The molecular weight excluding hydrogens is 416 g/mol. The minimum Gasteiger partial charge on any atom is -0.479 e. The van der Waals surface area contributed by atoms with E-state index in [1.165, 1.54) is 44.1 Å². The molecule has 1 unspecified atom stereocenters. The van der Waals surface area contributed by atoms with Gasteiger partial charge in [0.2, 0.25) is 0 Å². The Bertz CT molecular complexity index is 593. The lowest BCUT2D eigenvalue weighted by atomic mass is 9.75. The van der Waals surface area contributed by atoms with Gasteiger partial charge >= 0.3 is 5.97 Å². The van der Waals surface area contributed by atoms with E-state index in [1.807, 2.05) is 0 Å². The Balaban J connectivity index is 2.44. The fourth-order valence-electron chi connectivity index (χ4n) is 4.54. The summed E-state index contributed by atoms with van der Waals surface area (Å²) in [6.07, 6.45) is 15.4. The van der Waals surface area contributed by atoms with Crippen molar-refractivity contribution in [1.29, 1.82) is 0 Å². The lowest BCUT2D eigenvalue weighted by molar-refractivity contribution is -0.146. The van der Waals surface area contributed by atoms with Gasteiger partial charge in [-0.2, -0.15) is 0 Å². The van der Waals surface area contributed by atoms with Crippen LogP contribution in [0.4, 0.5) is 0 Å². The van der Waals surface area contributed by atoms with Crippen molar-refractivity contribution in [3.05, 3.63) is 11.6 Å². The van der Waals surface area contributed by atoms with Crippen LogP contribution in [0.5, 0.6) is 0 Å². The quantitative estimate of drug-likeness (QED) is 0.137. The molecule has 0 saturated heterocycles. The normalized spacial score (nSPS) is 22.8. The molecule has 2 N–H and O–H groups in total. The van der Waals surface area contributed by atoms with Crippen LogP contribution in [0, 0.1) is 5.41 Å². The van der Waals surface area contributed by atoms with Gasteiger partial charge < -0.3 is 14.6 Å². The Morgan fingerprint density at radius 1 is 1.12 bits per heavy atom. The van der Waals surface area contributed by atoms with Crippen molar-refractivity contribution in [3.8, 4) is 0 Å². The largest absolute Gasteiger partial charge is 0.479 e. The summed E-state index contributed by atoms with van der Waals surface area (Å²) < 4.78 is 6.17. The average Bonchev–Trinajstić information content (AvgIpc) is 2.96. The molecule has 3 atom stereocenters. The molecule has 188 valence electrons. The number of carbonyl (C=O) groups is 1. The second-order valence-electron chi connectivity index (χ2n) is 11.7. The summed E-state index contributed by atoms with van der Waals surface area (Å²) in [4.78, 5) is 11.8. The standard InChI is InChI=1S/C27H52O4Si/c1-8-9-10-11-12-14-17-22-19-20-24(28)27(22,5)21-16-13-15-18-23(25(29)30)31-32(6,7)26(2,3)4/h19,23-24,28H,8-18,20-21H2,1-7H3,(H,29,30)/t23?,24-,27+/m0/s1. The van der Waals surface area contributed by atoms with Crippen molar-refractivity contribution >= 4 is 14.3 Å². The molecule has 1 aliphatic rings. The zero-order valence-electron chi connectivity index (χ0n) is 22.1. The number of aliphatic hydroxyl groups is 1. The maximum absolute atomic E-state index is 11.8. The summed E-state index contributed by atoms with van der Waals surface area (Å²) in [6.45, 7) is 15.1. The van der Waals surface area contributed by atoms with Crippen molar-refractivity contribution in [2.75, 3.05) is 0 Å². The van der Waals surface area contributed by atoms with Gasteiger partial charge in [-0.05, 0) is 50.2 Å². The van der Waals surface area contributed by atoms with E-state index >= 15 is 0 Å². The number of carboxylic acid groups (broad SMARTS) is 1. The van der Waals surface area contributed by atoms with Gasteiger partial charge in [-0.25, -0.2) is 4.79 Å². The highest BCUT2D eigenvalue weighted by molar-refractivity contribution is 6.74. The summed E-state index contributed by atoms with van der Waals surface area (Å²) in [5.74, 6) is -0.836. The van der Waals surface area contributed by atoms with Crippen molar-refractivity contribution in [2.24, 2.45) is 5.41 Å². The van der Waals surface area contributed by atoms with Gasteiger partial charge in [0, 0.05) is 5.41 Å². The van der Waals surface area contributed by atoms with Crippen molar-refractivity contribution < 1.29 is 19.4 Å². The summed E-state index contributed by atoms with van der Waals surface area (Å²) in [7, 11) is -2.10. The number of carboxylic acids is 1. The first kappa shape index (κ1) is 29.4. The Morgan fingerprint density at radius 3 is 2.31 bits per heavy atom. The average molecular weight is 469 g/mol. The molecule has 0 spiro atoms. The number of rotatable bonds is 16. The highest BCUT2D eigenvalue weighted by atomic mass is 28.4. The Morgan fingerprint density at radius 2 is 1.72 bits per heavy atom. The van der Waals surface area contributed by atoms with Crippen LogP contribution < -0.4 is 0 Å². The zero-order chi connectivity index (χ0) is 24.4. The molecule has 0 amide bonds. The smallest absolute Gasteiger partial charge is 0.331 e.